The molecule has 1 heterocycles. The molecule has 80 valence electrons. The number of benzene rings is 1. The lowest BCUT2D eigenvalue weighted by Gasteiger charge is -1.99. The van der Waals surface area contributed by atoms with Gasteiger partial charge in [-0.1, -0.05) is 22.9 Å². The molecule has 0 aliphatic heterocycles. The van der Waals surface area contributed by atoms with Crippen LogP contribution < -0.4 is 5.73 Å². The van der Waals surface area contributed by atoms with Crippen molar-refractivity contribution >= 4 is 48.4 Å². The van der Waals surface area contributed by atoms with E-state index in [0.717, 1.165) is 0 Å². The van der Waals surface area contributed by atoms with Gasteiger partial charge in [-0.3, -0.25) is 4.55 Å². The van der Waals surface area contributed by atoms with Crippen molar-refractivity contribution in [1.82, 2.24) is 4.98 Å². The molecule has 3 N–H and O–H groups in total. The van der Waals surface area contributed by atoms with E-state index in [0.29, 0.717) is 15.3 Å². The molecule has 1 aromatic carbocycles. The third kappa shape index (κ3) is 1.91. The smallest absolute Gasteiger partial charge is 0.296 e. The van der Waals surface area contributed by atoms with Crippen molar-refractivity contribution in [1.29, 1.82) is 0 Å². The Morgan fingerprint density at radius 3 is 2.73 bits per heavy atom. The SMILES string of the molecule is Nc1nc2cc(S(=O)(=O)O)c(Cl)cc2s1. The number of aromatic nitrogens is 1. The first kappa shape index (κ1) is 10.6. The average molecular weight is 265 g/mol. The molecule has 0 bridgehead atoms. The topological polar surface area (TPSA) is 93.3 Å². The van der Waals surface area contributed by atoms with Crippen molar-refractivity contribution < 1.29 is 13.0 Å². The number of thiazole rings is 1. The van der Waals surface area contributed by atoms with E-state index in [4.69, 9.17) is 21.9 Å². The summed E-state index contributed by atoms with van der Waals surface area (Å²) in [5, 5.41) is 0.266. The Bertz CT molecular complexity index is 635. The fraction of sp³-hybridized carbons (Fsp3) is 0. The number of rotatable bonds is 1. The van der Waals surface area contributed by atoms with E-state index in [9.17, 15) is 8.42 Å². The number of fused-ring (bicyclic) bond motifs is 1. The Kier molecular flexibility index (Phi) is 2.34. The highest BCUT2D eigenvalue weighted by Gasteiger charge is 2.16. The molecule has 2 rings (SSSR count). The Hall–Kier alpha value is -0.890. The van der Waals surface area contributed by atoms with Gasteiger partial charge in [0, 0.05) is 0 Å². The summed E-state index contributed by atoms with van der Waals surface area (Å²) in [4.78, 5) is 3.53. The molecule has 0 amide bonds. The normalized spacial score (nSPS) is 12.1. The third-order valence-electron chi connectivity index (χ3n) is 1.74. The quantitative estimate of drug-likeness (QED) is 0.766. The summed E-state index contributed by atoms with van der Waals surface area (Å²) in [5.41, 5.74) is 5.85. The standard InChI is InChI=1S/C7H5ClN2O3S2/c8-3-1-5-4(10-7(9)14-5)2-6(3)15(11,12)13/h1-2H,(H2,9,10)(H,11,12,13). The zero-order chi connectivity index (χ0) is 11.2. The summed E-state index contributed by atoms with van der Waals surface area (Å²) >= 11 is 6.89. The summed E-state index contributed by atoms with van der Waals surface area (Å²) in [5.74, 6) is 0. The molecule has 0 saturated carbocycles. The molecule has 8 heteroatoms. The first-order chi connectivity index (χ1) is 6.88. The Morgan fingerprint density at radius 1 is 1.47 bits per heavy atom. The van der Waals surface area contributed by atoms with E-state index in [-0.39, 0.29) is 9.92 Å². The Labute approximate surface area is 94.2 Å². The Balaban J connectivity index is 2.83. The molecule has 0 aliphatic rings. The second-order valence-electron chi connectivity index (χ2n) is 2.78. The summed E-state index contributed by atoms with van der Waals surface area (Å²) in [6.07, 6.45) is 0. The first-order valence-electron chi connectivity index (χ1n) is 3.71. The minimum Gasteiger partial charge on any atom is -0.375 e. The third-order valence-corrected chi connectivity index (χ3v) is 3.90. The highest BCUT2D eigenvalue weighted by molar-refractivity contribution is 7.86. The molecule has 0 fully saturated rings. The van der Waals surface area contributed by atoms with Crippen LogP contribution >= 0.6 is 22.9 Å². The maximum atomic E-state index is 10.9. The number of hydrogen-bond donors (Lipinski definition) is 2. The maximum absolute atomic E-state index is 10.9. The molecule has 0 saturated heterocycles. The molecule has 1 aromatic heterocycles. The number of nitrogen functional groups attached to an aromatic ring is 1. The number of hydrogen-bond acceptors (Lipinski definition) is 5. The van der Waals surface area contributed by atoms with Crippen molar-refractivity contribution in [3.8, 4) is 0 Å². The fourth-order valence-corrected chi connectivity index (χ4v) is 2.99. The van der Waals surface area contributed by atoms with Crippen molar-refractivity contribution in [3.05, 3.63) is 17.2 Å². The van der Waals surface area contributed by atoms with Crippen molar-refractivity contribution in [2.24, 2.45) is 0 Å². The molecule has 0 radical (unpaired) electrons. The second-order valence-corrected chi connectivity index (χ2v) is 5.64. The number of halogens is 1. The van der Waals surface area contributed by atoms with E-state index in [1.54, 1.807) is 0 Å². The van der Waals surface area contributed by atoms with E-state index in [1.165, 1.54) is 23.5 Å². The predicted octanol–water partition coefficient (Wildman–Crippen LogP) is 1.78. The van der Waals surface area contributed by atoms with Crippen molar-refractivity contribution in [2.45, 2.75) is 4.90 Å². The molecular weight excluding hydrogens is 260 g/mol. The number of nitrogens with zero attached hydrogens (tertiary/aromatic N) is 1. The monoisotopic (exact) mass is 264 g/mol. The van der Waals surface area contributed by atoms with Crippen LogP contribution in [0.1, 0.15) is 0 Å². The maximum Gasteiger partial charge on any atom is 0.296 e. The lowest BCUT2D eigenvalue weighted by atomic mass is 10.3. The molecule has 0 spiro atoms. The largest absolute Gasteiger partial charge is 0.375 e. The van der Waals surface area contributed by atoms with Crippen LogP contribution in [-0.4, -0.2) is 18.0 Å². The fourth-order valence-electron chi connectivity index (χ4n) is 1.15. The van der Waals surface area contributed by atoms with Gasteiger partial charge in [0.2, 0.25) is 0 Å². The predicted molar refractivity (Wildman–Crippen MR) is 58.9 cm³/mol. The van der Waals surface area contributed by atoms with Crippen LogP contribution in [0.2, 0.25) is 5.02 Å². The second kappa shape index (κ2) is 3.31. The molecule has 2 aromatic rings. The van der Waals surface area contributed by atoms with Gasteiger partial charge in [0.05, 0.1) is 15.2 Å². The highest BCUT2D eigenvalue weighted by atomic mass is 35.5. The summed E-state index contributed by atoms with van der Waals surface area (Å²) in [6, 6.07) is 2.61. The first-order valence-corrected chi connectivity index (χ1v) is 6.34. The zero-order valence-corrected chi connectivity index (χ0v) is 9.53. The Morgan fingerprint density at radius 2 is 2.13 bits per heavy atom. The van der Waals surface area contributed by atoms with Crippen LogP contribution in [0.5, 0.6) is 0 Å². The van der Waals surface area contributed by atoms with Crippen LogP contribution in [0.4, 0.5) is 5.13 Å². The summed E-state index contributed by atoms with van der Waals surface area (Å²) in [6.45, 7) is 0. The van der Waals surface area contributed by atoms with Gasteiger partial charge in [0.25, 0.3) is 10.1 Å². The molecule has 0 unspecified atom stereocenters. The van der Waals surface area contributed by atoms with Gasteiger partial charge in [0.15, 0.2) is 5.13 Å². The van der Waals surface area contributed by atoms with Crippen LogP contribution in [0.15, 0.2) is 17.0 Å². The van der Waals surface area contributed by atoms with Gasteiger partial charge < -0.3 is 5.73 Å². The highest BCUT2D eigenvalue weighted by Crippen LogP contribution is 2.31. The van der Waals surface area contributed by atoms with Crippen molar-refractivity contribution in [3.63, 3.8) is 0 Å². The van der Waals surface area contributed by atoms with Crippen LogP contribution in [0.3, 0.4) is 0 Å². The van der Waals surface area contributed by atoms with E-state index in [2.05, 4.69) is 4.98 Å². The number of nitrogens with two attached hydrogens (primary N) is 1. The zero-order valence-electron chi connectivity index (χ0n) is 7.14. The van der Waals surface area contributed by atoms with Gasteiger partial charge in [-0.15, -0.1) is 0 Å². The molecular formula is C7H5ClN2O3S2. The van der Waals surface area contributed by atoms with Crippen LogP contribution in [0, 0.1) is 0 Å². The van der Waals surface area contributed by atoms with Gasteiger partial charge in [-0.2, -0.15) is 8.42 Å². The van der Waals surface area contributed by atoms with E-state index in [1.807, 2.05) is 0 Å². The van der Waals surface area contributed by atoms with E-state index >= 15 is 0 Å². The van der Waals surface area contributed by atoms with Gasteiger partial charge >= 0.3 is 0 Å². The van der Waals surface area contributed by atoms with Crippen molar-refractivity contribution in [2.75, 3.05) is 5.73 Å². The molecule has 5 nitrogen and oxygen atoms in total. The average Bonchev–Trinajstić information content (AvgIpc) is 2.40. The van der Waals surface area contributed by atoms with Gasteiger partial charge in [-0.25, -0.2) is 4.98 Å². The van der Waals surface area contributed by atoms with Crippen LogP contribution in [0.25, 0.3) is 10.2 Å². The minimum atomic E-state index is -4.32. The summed E-state index contributed by atoms with van der Waals surface area (Å²) < 4.78 is 31.4. The molecule has 15 heavy (non-hydrogen) atoms. The van der Waals surface area contributed by atoms with Gasteiger partial charge in [-0.05, 0) is 12.1 Å². The van der Waals surface area contributed by atoms with E-state index < -0.39 is 10.1 Å². The van der Waals surface area contributed by atoms with Gasteiger partial charge in [0.1, 0.15) is 4.90 Å². The summed E-state index contributed by atoms with van der Waals surface area (Å²) in [7, 11) is -4.32. The number of anilines is 1. The molecule has 0 atom stereocenters. The minimum absolute atomic E-state index is 0.0475. The molecule has 0 aliphatic carbocycles. The van der Waals surface area contributed by atoms with Crippen LogP contribution in [-0.2, 0) is 10.1 Å². The lowest BCUT2D eigenvalue weighted by Crippen LogP contribution is -1.98. The lowest BCUT2D eigenvalue weighted by molar-refractivity contribution is 0.483.